The Morgan fingerprint density at radius 3 is 2.95 bits per heavy atom. The van der Waals surface area contributed by atoms with E-state index in [1.165, 1.54) is 18.4 Å². The van der Waals surface area contributed by atoms with E-state index in [4.69, 9.17) is 4.74 Å². The van der Waals surface area contributed by atoms with Gasteiger partial charge in [-0.1, -0.05) is 0 Å². The molecule has 0 spiro atoms. The first-order valence-electron chi connectivity index (χ1n) is 7.46. The number of carbonyl (C=O) groups excluding carboxylic acids is 1. The highest BCUT2D eigenvalue weighted by Crippen LogP contribution is 2.32. The number of hydrogen-bond donors (Lipinski definition) is 0. The number of morpholine rings is 1. The molecule has 2 aliphatic rings. The zero-order chi connectivity index (χ0) is 13.8. The van der Waals surface area contributed by atoms with Crippen molar-refractivity contribution in [1.82, 2.24) is 9.80 Å². The molecule has 0 bridgehead atoms. The minimum absolute atomic E-state index is 0.282. The lowest BCUT2D eigenvalue weighted by molar-refractivity contribution is -0.135. The molecule has 2 saturated heterocycles. The van der Waals surface area contributed by atoms with Crippen LogP contribution in [0.4, 0.5) is 0 Å². The summed E-state index contributed by atoms with van der Waals surface area (Å²) in [6, 6.07) is 2.75. The molecule has 1 amide bonds. The van der Waals surface area contributed by atoms with Crippen LogP contribution in [0, 0.1) is 0 Å². The normalized spacial score (nSPS) is 24.2. The molecule has 1 aromatic heterocycles. The van der Waals surface area contributed by atoms with Crippen LogP contribution in [0.1, 0.15) is 30.9 Å². The molecule has 4 nitrogen and oxygen atoms in total. The van der Waals surface area contributed by atoms with E-state index in [0.29, 0.717) is 25.7 Å². The summed E-state index contributed by atoms with van der Waals surface area (Å²) < 4.78 is 5.29. The Morgan fingerprint density at radius 2 is 2.20 bits per heavy atom. The van der Waals surface area contributed by atoms with E-state index in [2.05, 4.69) is 21.7 Å². The number of likely N-dealkylation sites (tertiary alicyclic amines) is 1. The lowest BCUT2D eigenvalue weighted by Crippen LogP contribution is -2.42. The molecule has 0 saturated carbocycles. The fourth-order valence-electron chi connectivity index (χ4n) is 3.15. The fourth-order valence-corrected chi connectivity index (χ4v) is 3.85. The molecule has 3 heterocycles. The number of rotatable bonds is 4. The summed E-state index contributed by atoms with van der Waals surface area (Å²) in [5.74, 6) is 0.282. The van der Waals surface area contributed by atoms with E-state index in [0.717, 1.165) is 26.2 Å². The Labute approximate surface area is 124 Å². The molecule has 0 aliphatic carbocycles. The van der Waals surface area contributed by atoms with E-state index >= 15 is 0 Å². The molecule has 20 heavy (non-hydrogen) atoms. The van der Waals surface area contributed by atoms with E-state index in [1.807, 2.05) is 4.90 Å². The van der Waals surface area contributed by atoms with Crippen LogP contribution in [0.3, 0.4) is 0 Å². The zero-order valence-electron chi connectivity index (χ0n) is 11.8. The van der Waals surface area contributed by atoms with Crippen LogP contribution in [0.2, 0.25) is 0 Å². The van der Waals surface area contributed by atoms with Crippen LogP contribution in [-0.2, 0) is 9.53 Å². The van der Waals surface area contributed by atoms with Gasteiger partial charge in [0.1, 0.15) is 0 Å². The van der Waals surface area contributed by atoms with Gasteiger partial charge >= 0.3 is 0 Å². The van der Waals surface area contributed by atoms with Crippen molar-refractivity contribution in [3.05, 3.63) is 22.4 Å². The maximum atomic E-state index is 12.2. The SMILES string of the molecule is O=C(CCN1CCCC1c1ccsc1)N1CCOCC1. The van der Waals surface area contributed by atoms with Gasteiger partial charge in [-0.2, -0.15) is 11.3 Å². The molecule has 0 radical (unpaired) electrons. The Bertz CT molecular complexity index is 429. The Kier molecular flexibility index (Phi) is 4.70. The average molecular weight is 294 g/mol. The summed E-state index contributed by atoms with van der Waals surface area (Å²) in [4.78, 5) is 16.6. The summed E-state index contributed by atoms with van der Waals surface area (Å²) in [6.45, 7) is 4.90. The highest BCUT2D eigenvalue weighted by molar-refractivity contribution is 7.07. The van der Waals surface area contributed by atoms with Gasteiger partial charge < -0.3 is 9.64 Å². The first-order valence-corrected chi connectivity index (χ1v) is 8.40. The fraction of sp³-hybridized carbons (Fsp3) is 0.667. The molecule has 0 N–H and O–H groups in total. The van der Waals surface area contributed by atoms with E-state index in [-0.39, 0.29) is 5.91 Å². The van der Waals surface area contributed by atoms with E-state index in [1.54, 1.807) is 11.3 Å². The highest BCUT2D eigenvalue weighted by Gasteiger charge is 2.27. The predicted molar refractivity (Wildman–Crippen MR) is 79.9 cm³/mol. The molecule has 5 heteroatoms. The van der Waals surface area contributed by atoms with Gasteiger partial charge in [-0.05, 0) is 41.8 Å². The minimum atomic E-state index is 0.282. The summed E-state index contributed by atoms with van der Waals surface area (Å²) in [7, 11) is 0. The number of thiophene rings is 1. The lowest BCUT2D eigenvalue weighted by Gasteiger charge is -2.29. The van der Waals surface area contributed by atoms with Crippen LogP contribution in [0.15, 0.2) is 16.8 Å². The second-order valence-electron chi connectivity index (χ2n) is 5.49. The highest BCUT2D eigenvalue weighted by atomic mass is 32.1. The lowest BCUT2D eigenvalue weighted by atomic mass is 10.1. The third-order valence-electron chi connectivity index (χ3n) is 4.27. The second kappa shape index (κ2) is 6.70. The molecule has 110 valence electrons. The Hall–Kier alpha value is -0.910. The number of amides is 1. The molecule has 2 aliphatic heterocycles. The number of hydrogen-bond acceptors (Lipinski definition) is 4. The zero-order valence-corrected chi connectivity index (χ0v) is 12.6. The van der Waals surface area contributed by atoms with Crippen molar-refractivity contribution < 1.29 is 9.53 Å². The second-order valence-corrected chi connectivity index (χ2v) is 6.27. The summed E-state index contributed by atoms with van der Waals surface area (Å²) in [6.07, 6.45) is 3.11. The van der Waals surface area contributed by atoms with Gasteiger partial charge in [0, 0.05) is 32.1 Å². The average Bonchev–Trinajstić information content (AvgIpc) is 3.16. The molecule has 3 rings (SSSR count). The van der Waals surface area contributed by atoms with Gasteiger partial charge in [-0.15, -0.1) is 0 Å². The first kappa shape index (κ1) is 14.0. The maximum absolute atomic E-state index is 12.2. The molecule has 2 fully saturated rings. The molecule has 0 aromatic carbocycles. The standard InChI is InChI=1S/C15H22N2O2S/c18-15(17-7-9-19-10-8-17)3-6-16-5-1-2-14(16)13-4-11-20-12-13/h4,11-12,14H,1-3,5-10H2. The number of ether oxygens (including phenoxy) is 1. The monoisotopic (exact) mass is 294 g/mol. The number of carbonyl (C=O) groups is 1. The van der Waals surface area contributed by atoms with Crippen molar-refractivity contribution in [2.24, 2.45) is 0 Å². The van der Waals surface area contributed by atoms with Crippen molar-refractivity contribution in [1.29, 1.82) is 0 Å². The van der Waals surface area contributed by atoms with Gasteiger partial charge in [0.2, 0.25) is 5.91 Å². The largest absolute Gasteiger partial charge is 0.378 e. The van der Waals surface area contributed by atoms with Crippen LogP contribution in [0.5, 0.6) is 0 Å². The van der Waals surface area contributed by atoms with Crippen molar-refractivity contribution in [3.63, 3.8) is 0 Å². The smallest absolute Gasteiger partial charge is 0.224 e. The van der Waals surface area contributed by atoms with Crippen LogP contribution in [-0.4, -0.2) is 55.1 Å². The van der Waals surface area contributed by atoms with E-state index in [9.17, 15) is 4.79 Å². The number of nitrogens with zero attached hydrogens (tertiary/aromatic N) is 2. The van der Waals surface area contributed by atoms with Crippen LogP contribution < -0.4 is 0 Å². The van der Waals surface area contributed by atoms with Crippen molar-refractivity contribution >= 4 is 17.2 Å². The summed E-state index contributed by atoms with van der Waals surface area (Å²) in [5.41, 5.74) is 1.42. The Balaban J connectivity index is 1.51. The maximum Gasteiger partial charge on any atom is 0.224 e. The van der Waals surface area contributed by atoms with Crippen LogP contribution in [0.25, 0.3) is 0 Å². The third kappa shape index (κ3) is 3.22. The van der Waals surface area contributed by atoms with Crippen molar-refractivity contribution in [3.8, 4) is 0 Å². The van der Waals surface area contributed by atoms with Crippen molar-refractivity contribution in [2.45, 2.75) is 25.3 Å². The quantitative estimate of drug-likeness (QED) is 0.853. The topological polar surface area (TPSA) is 32.8 Å². The third-order valence-corrected chi connectivity index (χ3v) is 4.97. The predicted octanol–water partition coefficient (Wildman–Crippen LogP) is 2.13. The van der Waals surface area contributed by atoms with E-state index < -0.39 is 0 Å². The molecule has 1 unspecified atom stereocenters. The van der Waals surface area contributed by atoms with Gasteiger partial charge in [-0.25, -0.2) is 0 Å². The van der Waals surface area contributed by atoms with Gasteiger partial charge in [0.05, 0.1) is 13.2 Å². The van der Waals surface area contributed by atoms with Gasteiger partial charge in [-0.3, -0.25) is 9.69 Å². The molecule has 1 atom stereocenters. The van der Waals surface area contributed by atoms with Gasteiger partial charge in [0.15, 0.2) is 0 Å². The molecular formula is C15H22N2O2S. The van der Waals surface area contributed by atoms with Gasteiger partial charge in [0.25, 0.3) is 0 Å². The minimum Gasteiger partial charge on any atom is -0.378 e. The molecular weight excluding hydrogens is 272 g/mol. The summed E-state index contributed by atoms with van der Waals surface area (Å²) in [5, 5.41) is 4.39. The first-order chi connectivity index (χ1) is 9.84. The Morgan fingerprint density at radius 1 is 1.35 bits per heavy atom. The summed E-state index contributed by atoms with van der Waals surface area (Å²) >= 11 is 1.76. The van der Waals surface area contributed by atoms with Crippen LogP contribution >= 0.6 is 11.3 Å². The van der Waals surface area contributed by atoms with Crippen molar-refractivity contribution in [2.75, 3.05) is 39.4 Å². The molecule has 1 aromatic rings.